The predicted octanol–water partition coefficient (Wildman–Crippen LogP) is 3.14. The molecule has 8 heteroatoms. The number of hydrogen-bond acceptors (Lipinski definition) is 4. The Morgan fingerprint density at radius 2 is 2.10 bits per heavy atom. The van der Waals surface area contributed by atoms with Crippen molar-refractivity contribution in [1.82, 2.24) is 9.88 Å². The van der Waals surface area contributed by atoms with E-state index in [9.17, 15) is 14.7 Å². The summed E-state index contributed by atoms with van der Waals surface area (Å²) >= 11 is 0. The molecule has 6 nitrogen and oxygen atoms in total. The highest BCUT2D eigenvalue weighted by Crippen LogP contribution is 2.50. The molecule has 1 saturated heterocycles. The lowest BCUT2D eigenvalue weighted by molar-refractivity contribution is 0.0694. The topological polar surface area (TPSA) is 74.6 Å². The SMILES string of the molecule is CNC[C@@]12CCC[C@@H]1CN(c1c(F)cc3c(=O)c(C(=O)O)cn(C4CC4)c3c1F)C2. The van der Waals surface area contributed by atoms with Crippen LogP contribution in [0.4, 0.5) is 14.5 Å². The predicted molar refractivity (Wildman–Crippen MR) is 109 cm³/mol. The summed E-state index contributed by atoms with van der Waals surface area (Å²) in [4.78, 5) is 25.9. The summed E-state index contributed by atoms with van der Waals surface area (Å²) in [6, 6.07) is 0.966. The van der Waals surface area contributed by atoms with Crippen LogP contribution in [0.25, 0.3) is 10.9 Å². The molecule has 2 N–H and O–H groups in total. The maximum Gasteiger partial charge on any atom is 0.341 e. The number of aromatic nitrogens is 1. The van der Waals surface area contributed by atoms with Crippen LogP contribution in [0.2, 0.25) is 0 Å². The number of halogens is 2. The van der Waals surface area contributed by atoms with E-state index in [2.05, 4.69) is 5.32 Å². The third kappa shape index (κ3) is 2.76. The number of nitrogens with zero attached hydrogens (tertiary/aromatic N) is 2. The molecule has 0 amide bonds. The first-order valence-corrected chi connectivity index (χ1v) is 10.6. The van der Waals surface area contributed by atoms with Crippen molar-refractivity contribution in [3.8, 4) is 0 Å². The van der Waals surface area contributed by atoms with Gasteiger partial charge in [-0.05, 0) is 44.7 Å². The van der Waals surface area contributed by atoms with Gasteiger partial charge in [0, 0.05) is 37.3 Å². The molecule has 0 bridgehead atoms. The van der Waals surface area contributed by atoms with E-state index in [1.54, 1.807) is 4.90 Å². The zero-order chi connectivity index (χ0) is 21.2. The van der Waals surface area contributed by atoms with Gasteiger partial charge in [-0.1, -0.05) is 6.42 Å². The molecule has 3 aliphatic rings. The van der Waals surface area contributed by atoms with Crippen molar-refractivity contribution < 1.29 is 18.7 Å². The summed E-state index contributed by atoms with van der Waals surface area (Å²) in [6.45, 7) is 1.96. The summed E-state index contributed by atoms with van der Waals surface area (Å²) < 4.78 is 32.5. The lowest BCUT2D eigenvalue weighted by atomic mass is 9.81. The van der Waals surface area contributed by atoms with Crippen LogP contribution in [-0.2, 0) is 0 Å². The van der Waals surface area contributed by atoms with Crippen molar-refractivity contribution >= 4 is 22.6 Å². The molecule has 1 aliphatic heterocycles. The van der Waals surface area contributed by atoms with Crippen molar-refractivity contribution in [2.75, 3.05) is 31.6 Å². The molecule has 1 aromatic heterocycles. The number of carbonyl (C=O) groups is 1. The highest BCUT2D eigenvalue weighted by Gasteiger charge is 2.50. The van der Waals surface area contributed by atoms with Crippen LogP contribution < -0.4 is 15.6 Å². The van der Waals surface area contributed by atoms with Gasteiger partial charge in [0.1, 0.15) is 17.1 Å². The second kappa shape index (κ2) is 6.77. The van der Waals surface area contributed by atoms with Gasteiger partial charge in [0.05, 0.1) is 10.9 Å². The van der Waals surface area contributed by atoms with Crippen LogP contribution in [0.15, 0.2) is 17.1 Å². The third-order valence-electron chi connectivity index (χ3n) is 7.24. The number of anilines is 1. The molecule has 30 heavy (non-hydrogen) atoms. The minimum Gasteiger partial charge on any atom is -0.477 e. The van der Waals surface area contributed by atoms with Crippen molar-refractivity contribution in [3.05, 3.63) is 39.7 Å². The molecule has 0 radical (unpaired) electrons. The minimum absolute atomic E-state index is 0.00586. The van der Waals surface area contributed by atoms with E-state index in [1.165, 1.54) is 10.8 Å². The Kier molecular flexibility index (Phi) is 4.39. The van der Waals surface area contributed by atoms with Crippen molar-refractivity contribution in [1.29, 1.82) is 0 Å². The number of benzene rings is 1. The summed E-state index contributed by atoms with van der Waals surface area (Å²) in [7, 11) is 1.90. The average molecular weight is 417 g/mol. The summed E-state index contributed by atoms with van der Waals surface area (Å²) in [5.74, 6) is -2.57. The molecular weight excluding hydrogens is 392 g/mol. The zero-order valence-corrected chi connectivity index (χ0v) is 16.9. The summed E-state index contributed by atoms with van der Waals surface area (Å²) in [5, 5.41) is 12.4. The molecule has 2 heterocycles. The van der Waals surface area contributed by atoms with Gasteiger partial charge in [-0.3, -0.25) is 4.79 Å². The zero-order valence-electron chi connectivity index (χ0n) is 16.9. The normalized spacial score (nSPS) is 25.8. The molecule has 0 unspecified atom stereocenters. The van der Waals surface area contributed by atoms with Gasteiger partial charge in [0.25, 0.3) is 0 Å². The molecule has 2 saturated carbocycles. The van der Waals surface area contributed by atoms with E-state index in [0.29, 0.717) is 19.0 Å². The monoisotopic (exact) mass is 417 g/mol. The number of pyridine rings is 1. The van der Waals surface area contributed by atoms with E-state index < -0.39 is 28.6 Å². The number of hydrogen-bond donors (Lipinski definition) is 2. The number of rotatable bonds is 5. The van der Waals surface area contributed by atoms with Crippen LogP contribution in [0, 0.1) is 23.0 Å². The van der Waals surface area contributed by atoms with Crippen LogP contribution in [0.1, 0.15) is 48.5 Å². The van der Waals surface area contributed by atoms with Gasteiger partial charge < -0.3 is 19.9 Å². The first-order chi connectivity index (χ1) is 14.4. The fourth-order valence-electron chi connectivity index (χ4n) is 5.74. The second-order valence-corrected chi connectivity index (χ2v) is 9.10. The van der Waals surface area contributed by atoms with Gasteiger partial charge >= 0.3 is 5.97 Å². The van der Waals surface area contributed by atoms with Gasteiger partial charge in [-0.2, -0.15) is 0 Å². The van der Waals surface area contributed by atoms with E-state index in [0.717, 1.165) is 44.7 Å². The maximum atomic E-state index is 15.8. The number of fused-ring (bicyclic) bond motifs is 2. The smallest absolute Gasteiger partial charge is 0.341 e. The van der Waals surface area contributed by atoms with E-state index >= 15 is 8.78 Å². The molecule has 2 aromatic rings. The average Bonchev–Trinajstić information content (AvgIpc) is 3.37. The lowest BCUT2D eigenvalue weighted by Crippen LogP contribution is -2.37. The molecule has 2 atom stereocenters. The number of nitrogens with one attached hydrogen (secondary N) is 1. The fraction of sp³-hybridized carbons (Fsp3) is 0.545. The Hall–Kier alpha value is -2.48. The number of carboxylic acids is 1. The van der Waals surface area contributed by atoms with E-state index in [4.69, 9.17) is 0 Å². The number of carboxylic acid groups (broad SMARTS) is 1. The maximum absolute atomic E-state index is 15.8. The first-order valence-electron chi connectivity index (χ1n) is 10.6. The fourth-order valence-corrected chi connectivity index (χ4v) is 5.74. The summed E-state index contributed by atoms with van der Waals surface area (Å²) in [5.41, 5.74) is -1.37. The third-order valence-corrected chi connectivity index (χ3v) is 7.24. The van der Waals surface area contributed by atoms with Crippen molar-refractivity contribution in [3.63, 3.8) is 0 Å². The van der Waals surface area contributed by atoms with Crippen molar-refractivity contribution in [2.24, 2.45) is 11.3 Å². The van der Waals surface area contributed by atoms with Gasteiger partial charge in [-0.25, -0.2) is 13.6 Å². The largest absolute Gasteiger partial charge is 0.477 e. The molecule has 3 fully saturated rings. The summed E-state index contributed by atoms with van der Waals surface area (Å²) in [6.07, 6.45) is 5.98. The highest BCUT2D eigenvalue weighted by atomic mass is 19.1. The van der Waals surface area contributed by atoms with Crippen LogP contribution >= 0.6 is 0 Å². The van der Waals surface area contributed by atoms with Crippen LogP contribution in [-0.4, -0.2) is 42.3 Å². The van der Waals surface area contributed by atoms with Gasteiger partial charge in [0.2, 0.25) is 5.43 Å². The Bertz CT molecular complexity index is 1110. The Morgan fingerprint density at radius 3 is 2.77 bits per heavy atom. The Morgan fingerprint density at radius 1 is 1.33 bits per heavy atom. The van der Waals surface area contributed by atoms with E-state index in [1.807, 2.05) is 7.05 Å². The van der Waals surface area contributed by atoms with Crippen molar-refractivity contribution in [2.45, 2.75) is 38.1 Å². The van der Waals surface area contributed by atoms with Crippen LogP contribution in [0.3, 0.4) is 0 Å². The highest BCUT2D eigenvalue weighted by molar-refractivity contribution is 5.94. The van der Waals surface area contributed by atoms with Gasteiger partial charge in [0.15, 0.2) is 5.82 Å². The standard InChI is InChI=1S/C22H25F2N3O3/c1-25-10-22-6-2-3-12(22)8-26(11-22)19-16(23)7-14-18(17(19)24)27(13-4-5-13)9-15(20(14)28)21(29)30/h7,9,12-13,25H,2-6,8,10-11H2,1H3,(H,29,30)/t12-,22-/m1/s1. The van der Waals surface area contributed by atoms with Gasteiger partial charge in [-0.15, -0.1) is 0 Å². The number of aromatic carboxylic acids is 1. The molecular formula is C22H25F2N3O3. The van der Waals surface area contributed by atoms with Crippen LogP contribution in [0.5, 0.6) is 0 Å². The molecule has 5 rings (SSSR count). The lowest BCUT2D eigenvalue weighted by Gasteiger charge is -2.29. The Balaban J connectivity index is 1.68. The minimum atomic E-state index is -1.39. The quantitative estimate of drug-likeness (QED) is 0.782. The second-order valence-electron chi connectivity index (χ2n) is 9.10. The molecule has 0 spiro atoms. The molecule has 1 aromatic carbocycles. The molecule has 2 aliphatic carbocycles. The van der Waals surface area contributed by atoms with E-state index in [-0.39, 0.29) is 28.0 Å². The molecule has 160 valence electrons. The first kappa shape index (κ1) is 19.5. The Labute approximate surface area is 172 Å².